The summed E-state index contributed by atoms with van der Waals surface area (Å²) in [5.74, 6) is 0.983. The molecule has 0 aliphatic heterocycles. The summed E-state index contributed by atoms with van der Waals surface area (Å²) in [5.41, 5.74) is 2.93. The van der Waals surface area contributed by atoms with Crippen LogP contribution in [0.1, 0.15) is 31.7 Å². The number of carbonyl (C=O) groups excluding carboxylic acids is 1. The van der Waals surface area contributed by atoms with Crippen molar-refractivity contribution in [2.24, 2.45) is 5.92 Å². The monoisotopic (exact) mass is 301 g/mol. The predicted octanol–water partition coefficient (Wildman–Crippen LogP) is 3.32. The van der Waals surface area contributed by atoms with Gasteiger partial charge in [-0.05, 0) is 49.8 Å². The molecule has 0 bridgehead atoms. The molecule has 0 saturated carbocycles. The summed E-state index contributed by atoms with van der Waals surface area (Å²) in [6, 6.07) is 5.06. The van der Waals surface area contributed by atoms with Crippen molar-refractivity contribution in [1.82, 2.24) is 5.32 Å². The van der Waals surface area contributed by atoms with Gasteiger partial charge in [0.1, 0.15) is 0 Å². The summed E-state index contributed by atoms with van der Waals surface area (Å²) >= 11 is 0. The quantitative estimate of drug-likeness (QED) is 0.820. The fourth-order valence-electron chi connectivity index (χ4n) is 2.62. The maximum atomic E-state index is 12.2. The first-order chi connectivity index (χ1) is 10.5. The molecule has 0 saturated heterocycles. The Labute approximate surface area is 131 Å². The van der Waals surface area contributed by atoms with Crippen molar-refractivity contribution in [3.63, 3.8) is 0 Å². The number of ether oxygens (including phenoxy) is 1. The average Bonchev–Trinajstić information content (AvgIpc) is 2.53. The standard InChI is InChI=1S/C18H23NO3/c1-12(2)14-5-7-15(8-6-14)18(21)19-11-13-4-9-16(20)17(10-13)22-3/h4,7,9-10,14,20H,1,5-6,8,11H2,2-3H3,(H,19,21)/t14-/m0/s1. The van der Waals surface area contributed by atoms with Gasteiger partial charge in [-0.15, -0.1) is 0 Å². The van der Waals surface area contributed by atoms with E-state index in [2.05, 4.69) is 11.9 Å². The van der Waals surface area contributed by atoms with Gasteiger partial charge in [0.15, 0.2) is 11.5 Å². The highest BCUT2D eigenvalue weighted by Crippen LogP contribution is 2.28. The first-order valence-electron chi connectivity index (χ1n) is 7.49. The number of phenols is 1. The molecule has 4 nitrogen and oxygen atoms in total. The summed E-state index contributed by atoms with van der Waals surface area (Å²) in [5, 5.41) is 12.5. The molecule has 1 aliphatic rings. The van der Waals surface area contributed by atoms with Gasteiger partial charge in [-0.1, -0.05) is 24.3 Å². The molecule has 4 heteroatoms. The molecule has 1 aromatic rings. The zero-order valence-electron chi connectivity index (χ0n) is 13.2. The zero-order chi connectivity index (χ0) is 16.1. The lowest BCUT2D eigenvalue weighted by Gasteiger charge is -2.21. The molecule has 2 N–H and O–H groups in total. The Morgan fingerprint density at radius 2 is 2.27 bits per heavy atom. The van der Waals surface area contributed by atoms with E-state index in [4.69, 9.17) is 4.74 Å². The minimum Gasteiger partial charge on any atom is -0.504 e. The Bertz CT molecular complexity index is 604. The second kappa shape index (κ2) is 7.16. The summed E-state index contributed by atoms with van der Waals surface area (Å²) in [6.45, 7) is 6.44. The van der Waals surface area contributed by atoms with Gasteiger partial charge in [0.25, 0.3) is 0 Å². The minimum atomic E-state index is -0.0211. The SMILES string of the molecule is C=C(C)[C@H]1CC=C(C(=O)NCc2ccc(O)c(OC)c2)CC1. The Balaban J connectivity index is 1.92. The molecule has 1 amide bonds. The molecule has 0 fully saturated rings. The Morgan fingerprint density at radius 1 is 1.50 bits per heavy atom. The molecule has 1 aliphatic carbocycles. The lowest BCUT2D eigenvalue weighted by Crippen LogP contribution is -2.26. The number of carbonyl (C=O) groups is 1. The van der Waals surface area contributed by atoms with E-state index in [1.54, 1.807) is 18.2 Å². The number of allylic oxidation sites excluding steroid dienone is 2. The number of amides is 1. The van der Waals surface area contributed by atoms with Crippen LogP contribution in [-0.2, 0) is 11.3 Å². The minimum absolute atomic E-state index is 0.0211. The summed E-state index contributed by atoms with van der Waals surface area (Å²) in [6.07, 6.45) is 4.70. The number of rotatable bonds is 5. The number of hydrogen-bond donors (Lipinski definition) is 2. The fourth-order valence-corrected chi connectivity index (χ4v) is 2.62. The number of nitrogens with one attached hydrogen (secondary N) is 1. The molecule has 0 spiro atoms. The van der Waals surface area contributed by atoms with E-state index in [1.165, 1.54) is 12.7 Å². The van der Waals surface area contributed by atoms with Gasteiger partial charge in [0, 0.05) is 12.1 Å². The summed E-state index contributed by atoms with van der Waals surface area (Å²) < 4.78 is 5.06. The third kappa shape index (κ3) is 3.91. The molecule has 118 valence electrons. The zero-order valence-corrected chi connectivity index (χ0v) is 13.2. The second-order valence-corrected chi connectivity index (χ2v) is 5.74. The van der Waals surface area contributed by atoms with Crippen molar-refractivity contribution < 1.29 is 14.6 Å². The van der Waals surface area contributed by atoms with E-state index in [-0.39, 0.29) is 11.7 Å². The molecule has 22 heavy (non-hydrogen) atoms. The Hall–Kier alpha value is -2.23. The third-order valence-corrected chi connectivity index (χ3v) is 4.10. The van der Waals surface area contributed by atoms with Crippen LogP contribution in [0.25, 0.3) is 0 Å². The topological polar surface area (TPSA) is 58.6 Å². The van der Waals surface area contributed by atoms with Crippen LogP contribution in [-0.4, -0.2) is 18.1 Å². The molecule has 0 unspecified atom stereocenters. The number of aromatic hydroxyl groups is 1. The van der Waals surface area contributed by atoms with Gasteiger partial charge in [-0.2, -0.15) is 0 Å². The van der Waals surface area contributed by atoms with Crippen molar-refractivity contribution in [1.29, 1.82) is 0 Å². The number of benzene rings is 1. The van der Waals surface area contributed by atoms with Crippen LogP contribution in [0.5, 0.6) is 11.5 Å². The average molecular weight is 301 g/mol. The maximum Gasteiger partial charge on any atom is 0.247 e. The molecule has 2 rings (SSSR count). The van der Waals surface area contributed by atoms with Crippen molar-refractivity contribution in [2.75, 3.05) is 7.11 Å². The van der Waals surface area contributed by atoms with Gasteiger partial charge in [0.05, 0.1) is 7.11 Å². The van der Waals surface area contributed by atoms with E-state index in [9.17, 15) is 9.90 Å². The number of phenolic OH excluding ortho intramolecular Hbond substituents is 1. The largest absolute Gasteiger partial charge is 0.504 e. The molecular formula is C18H23NO3. The van der Waals surface area contributed by atoms with E-state index < -0.39 is 0 Å². The first-order valence-corrected chi connectivity index (χ1v) is 7.49. The molecule has 1 atom stereocenters. The highest BCUT2D eigenvalue weighted by Gasteiger charge is 2.18. The third-order valence-electron chi connectivity index (χ3n) is 4.10. The highest BCUT2D eigenvalue weighted by molar-refractivity contribution is 5.93. The smallest absolute Gasteiger partial charge is 0.247 e. The van der Waals surface area contributed by atoms with Crippen LogP contribution in [0.3, 0.4) is 0 Å². The van der Waals surface area contributed by atoms with E-state index in [0.29, 0.717) is 18.2 Å². The van der Waals surface area contributed by atoms with Crippen molar-refractivity contribution in [2.45, 2.75) is 32.7 Å². The lowest BCUT2D eigenvalue weighted by atomic mass is 9.85. The summed E-state index contributed by atoms with van der Waals surface area (Å²) in [7, 11) is 1.50. The van der Waals surface area contributed by atoms with E-state index in [0.717, 1.165) is 30.4 Å². The van der Waals surface area contributed by atoms with Crippen LogP contribution >= 0.6 is 0 Å². The highest BCUT2D eigenvalue weighted by atomic mass is 16.5. The van der Waals surface area contributed by atoms with E-state index in [1.807, 2.05) is 13.0 Å². The van der Waals surface area contributed by atoms with Gasteiger partial charge in [0.2, 0.25) is 5.91 Å². The lowest BCUT2D eigenvalue weighted by molar-refractivity contribution is -0.117. The number of hydrogen-bond acceptors (Lipinski definition) is 3. The molecule has 0 aromatic heterocycles. The molecular weight excluding hydrogens is 278 g/mol. The van der Waals surface area contributed by atoms with Crippen molar-refractivity contribution >= 4 is 5.91 Å². The molecule has 0 radical (unpaired) electrons. The Morgan fingerprint density at radius 3 is 2.86 bits per heavy atom. The van der Waals surface area contributed by atoms with Gasteiger partial charge in [-0.25, -0.2) is 0 Å². The van der Waals surface area contributed by atoms with Crippen LogP contribution < -0.4 is 10.1 Å². The fraction of sp³-hybridized carbons (Fsp3) is 0.389. The first kappa shape index (κ1) is 16.1. The maximum absolute atomic E-state index is 12.2. The normalized spacial score (nSPS) is 17.5. The Kier molecular flexibility index (Phi) is 5.26. The predicted molar refractivity (Wildman–Crippen MR) is 86.7 cm³/mol. The number of methoxy groups -OCH3 is 1. The summed E-state index contributed by atoms with van der Waals surface area (Å²) in [4.78, 5) is 12.2. The molecule has 0 heterocycles. The van der Waals surface area contributed by atoms with E-state index >= 15 is 0 Å². The molecule has 1 aromatic carbocycles. The van der Waals surface area contributed by atoms with Gasteiger partial charge < -0.3 is 15.2 Å². The van der Waals surface area contributed by atoms with Crippen LogP contribution in [0.2, 0.25) is 0 Å². The van der Waals surface area contributed by atoms with Crippen LogP contribution in [0.15, 0.2) is 42.0 Å². The van der Waals surface area contributed by atoms with Gasteiger partial charge >= 0.3 is 0 Å². The van der Waals surface area contributed by atoms with Gasteiger partial charge in [-0.3, -0.25) is 4.79 Å². The second-order valence-electron chi connectivity index (χ2n) is 5.74. The van der Waals surface area contributed by atoms with Crippen molar-refractivity contribution in [3.8, 4) is 11.5 Å². The van der Waals surface area contributed by atoms with Crippen LogP contribution in [0, 0.1) is 5.92 Å². The van der Waals surface area contributed by atoms with Crippen molar-refractivity contribution in [3.05, 3.63) is 47.6 Å². The van der Waals surface area contributed by atoms with Crippen LogP contribution in [0.4, 0.5) is 0 Å².